The molecule has 1 aromatic heterocycles. The molecule has 0 saturated carbocycles. The molecule has 0 aliphatic heterocycles. The highest BCUT2D eigenvalue weighted by Gasteiger charge is 2.06. The van der Waals surface area contributed by atoms with Crippen LogP contribution >= 0.6 is 33.9 Å². The van der Waals surface area contributed by atoms with Crippen molar-refractivity contribution in [3.8, 4) is 11.8 Å². The van der Waals surface area contributed by atoms with Gasteiger partial charge in [0.15, 0.2) is 0 Å². The molecule has 0 bridgehead atoms. The lowest BCUT2D eigenvalue weighted by atomic mass is 10.2. The molecule has 1 heterocycles. The van der Waals surface area contributed by atoms with E-state index in [1.165, 1.54) is 13.7 Å². The Bertz CT molecular complexity index is 745. The van der Waals surface area contributed by atoms with Gasteiger partial charge in [-0.05, 0) is 46.7 Å². The van der Waals surface area contributed by atoms with Gasteiger partial charge in [0.2, 0.25) is 0 Å². The standard InChI is InChI=1S/C16H9IS/c17-16-13-8-4-5-9-14(13)18-15(16)11-10-12-6-2-1-3-7-12/h1-9H. The molecule has 2 heteroatoms. The van der Waals surface area contributed by atoms with Gasteiger partial charge < -0.3 is 0 Å². The summed E-state index contributed by atoms with van der Waals surface area (Å²) in [7, 11) is 0. The van der Waals surface area contributed by atoms with Crippen LogP contribution in [0.5, 0.6) is 0 Å². The third-order valence-corrected chi connectivity index (χ3v) is 5.20. The van der Waals surface area contributed by atoms with Crippen LogP contribution in [0.3, 0.4) is 0 Å². The molecule has 3 rings (SSSR count). The normalized spacial score (nSPS) is 10.1. The van der Waals surface area contributed by atoms with Gasteiger partial charge in [0, 0.05) is 19.2 Å². The van der Waals surface area contributed by atoms with Crippen molar-refractivity contribution in [2.75, 3.05) is 0 Å². The smallest absolute Gasteiger partial charge is 0.0918 e. The second kappa shape index (κ2) is 5.13. The van der Waals surface area contributed by atoms with Crippen molar-refractivity contribution in [1.82, 2.24) is 0 Å². The molecule has 0 aliphatic carbocycles. The molecule has 18 heavy (non-hydrogen) atoms. The van der Waals surface area contributed by atoms with Crippen LogP contribution in [-0.4, -0.2) is 0 Å². The number of rotatable bonds is 0. The molecule has 2 aromatic carbocycles. The average Bonchev–Trinajstić information content (AvgIpc) is 2.75. The van der Waals surface area contributed by atoms with E-state index in [1.807, 2.05) is 30.3 Å². The van der Waals surface area contributed by atoms with Gasteiger partial charge in [-0.15, -0.1) is 11.3 Å². The topological polar surface area (TPSA) is 0 Å². The molecule has 0 amide bonds. The summed E-state index contributed by atoms with van der Waals surface area (Å²) in [5, 5.41) is 1.31. The fourth-order valence-electron chi connectivity index (χ4n) is 1.74. The Kier molecular flexibility index (Phi) is 3.35. The highest BCUT2D eigenvalue weighted by molar-refractivity contribution is 14.1. The Hall–Kier alpha value is -1.31. The maximum Gasteiger partial charge on any atom is 0.0918 e. The molecule has 0 N–H and O–H groups in total. The SMILES string of the molecule is Ic1c(C#Cc2ccccc2)sc2ccccc12. The van der Waals surface area contributed by atoms with E-state index in [2.05, 4.69) is 58.7 Å². The van der Waals surface area contributed by atoms with E-state index in [0.29, 0.717) is 0 Å². The van der Waals surface area contributed by atoms with Crippen LogP contribution in [0, 0.1) is 15.4 Å². The summed E-state index contributed by atoms with van der Waals surface area (Å²) in [6.45, 7) is 0. The van der Waals surface area contributed by atoms with Gasteiger partial charge in [-0.3, -0.25) is 0 Å². The second-order valence-corrected chi connectivity index (χ2v) is 5.99. The zero-order valence-corrected chi connectivity index (χ0v) is 12.5. The Labute approximate surface area is 124 Å². The van der Waals surface area contributed by atoms with Crippen LogP contribution in [0.25, 0.3) is 10.1 Å². The zero-order chi connectivity index (χ0) is 12.4. The number of benzene rings is 2. The summed E-state index contributed by atoms with van der Waals surface area (Å²) < 4.78 is 2.57. The third kappa shape index (κ3) is 2.29. The van der Waals surface area contributed by atoms with Crippen molar-refractivity contribution >= 4 is 44.0 Å². The molecule has 86 valence electrons. The van der Waals surface area contributed by atoms with Gasteiger partial charge in [-0.1, -0.05) is 42.3 Å². The van der Waals surface area contributed by atoms with Crippen LogP contribution in [-0.2, 0) is 0 Å². The van der Waals surface area contributed by atoms with Gasteiger partial charge in [0.25, 0.3) is 0 Å². The molecule has 0 unspecified atom stereocenters. The summed E-state index contributed by atoms with van der Waals surface area (Å²) >= 11 is 4.15. The summed E-state index contributed by atoms with van der Waals surface area (Å²) in [6, 6.07) is 18.6. The predicted octanol–water partition coefficient (Wildman–Crippen LogP) is 4.91. The second-order valence-electron chi connectivity index (χ2n) is 3.86. The third-order valence-electron chi connectivity index (χ3n) is 2.63. The monoisotopic (exact) mass is 360 g/mol. The zero-order valence-electron chi connectivity index (χ0n) is 9.48. The van der Waals surface area contributed by atoms with Crippen molar-refractivity contribution in [3.05, 3.63) is 68.6 Å². The van der Waals surface area contributed by atoms with E-state index in [9.17, 15) is 0 Å². The van der Waals surface area contributed by atoms with Crippen molar-refractivity contribution in [3.63, 3.8) is 0 Å². The van der Waals surface area contributed by atoms with Crippen LogP contribution in [0.1, 0.15) is 10.4 Å². The highest BCUT2D eigenvalue weighted by atomic mass is 127. The number of fused-ring (bicyclic) bond motifs is 1. The summed E-state index contributed by atoms with van der Waals surface area (Å²) in [5.74, 6) is 6.50. The summed E-state index contributed by atoms with van der Waals surface area (Å²) in [4.78, 5) is 1.15. The Morgan fingerprint density at radius 1 is 0.833 bits per heavy atom. The average molecular weight is 360 g/mol. The molecule has 0 spiro atoms. The van der Waals surface area contributed by atoms with Crippen LogP contribution in [0.2, 0.25) is 0 Å². The van der Waals surface area contributed by atoms with Gasteiger partial charge in [-0.25, -0.2) is 0 Å². The minimum Gasteiger partial charge on any atom is -0.125 e. The number of halogens is 1. The summed E-state index contributed by atoms with van der Waals surface area (Å²) in [6.07, 6.45) is 0. The molecule has 0 aliphatic rings. The van der Waals surface area contributed by atoms with Crippen molar-refractivity contribution in [2.24, 2.45) is 0 Å². The number of thiophene rings is 1. The lowest BCUT2D eigenvalue weighted by molar-refractivity contribution is 1.65. The first-order chi connectivity index (χ1) is 8.84. The van der Waals surface area contributed by atoms with E-state index in [4.69, 9.17) is 0 Å². The fraction of sp³-hybridized carbons (Fsp3) is 0. The first kappa shape index (κ1) is 11.8. The van der Waals surface area contributed by atoms with Crippen LogP contribution in [0.4, 0.5) is 0 Å². The first-order valence-electron chi connectivity index (χ1n) is 5.59. The van der Waals surface area contributed by atoms with E-state index < -0.39 is 0 Å². The Morgan fingerprint density at radius 2 is 1.56 bits per heavy atom. The molecule has 0 atom stereocenters. The lowest BCUT2D eigenvalue weighted by Gasteiger charge is -1.88. The first-order valence-corrected chi connectivity index (χ1v) is 7.48. The van der Waals surface area contributed by atoms with E-state index >= 15 is 0 Å². The van der Waals surface area contributed by atoms with Gasteiger partial charge in [-0.2, -0.15) is 0 Å². The Morgan fingerprint density at radius 3 is 2.33 bits per heavy atom. The van der Waals surface area contributed by atoms with Crippen LogP contribution < -0.4 is 0 Å². The maximum absolute atomic E-state index is 3.28. The van der Waals surface area contributed by atoms with Crippen molar-refractivity contribution < 1.29 is 0 Å². The molecular weight excluding hydrogens is 351 g/mol. The Balaban J connectivity index is 2.06. The van der Waals surface area contributed by atoms with Gasteiger partial charge in [0.05, 0.1) is 4.88 Å². The summed E-state index contributed by atoms with van der Waals surface area (Å²) in [5.41, 5.74) is 1.06. The molecule has 0 saturated heterocycles. The highest BCUT2D eigenvalue weighted by Crippen LogP contribution is 2.31. The lowest BCUT2D eigenvalue weighted by Crippen LogP contribution is -1.74. The molecule has 0 fully saturated rings. The largest absolute Gasteiger partial charge is 0.125 e. The molecule has 0 nitrogen and oxygen atoms in total. The van der Waals surface area contributed by atoms with Gasteiger partial charge >= 0.3 is 0 Å². The van der Waals surface area contributed by atoms with E-state index in [0.717, 1.165) is 10.4 Å². The van der Waals surface area contributed by atoms with Crippen molar-refractivity contribution in [2.45, 2.75) is 0 Å². The minimum atomic E-state index is 1.06. The van der Waals surface area contributed by atoms with Gasteiger partial charge in [0.1, 0.15) is 0 Å². The van der Waals surface area contributed by atoms with Crippen molar-refractivity contribution in [1.29, 1.82) is 0 Å². The fourth-order valence-corrected chi connectivity index (χ4v) is 3.81. The van der Waals surface area contributed by atoms with E-state index in [1.54, 1.807) is 11.3 Å². The minimum absolute atomic E-state index is 1.06. The number of hydrogen-bond donors (Lipinski definition) is 0. The quantitative estimate of drug-likeness (QED) is 0.395. The molecule has 3 aromatic rings. The predicted molar refractivity (Wildman–Crippen MR) is 87.0 cm³/mol. The van der Waals surface area contributed by atoms with Crippen LogP contribution in [0.15, 0.2) is 54.6 Å². The number of hydrogen-bond acceptors (Lipinski definition) is 1. The molecule has 0 radical (unpaired) electrons. The maximum atomic E-state index is 3.28. The molecular formula is C16H9IS. The van der Waals surface area contributed by atoms with E-state index in [-0.39, 0.29) is 0 Å².